The Morgan fingerprint density at radius 2 is 0.531 bits per heavy atom. The molecule has 0 saturated carbocycles. The molecular formula is C44H95N5. The first-order valence-corrected chi connectivity index (χ1v) is 22.9. The van der Waals surface area contributed by atoms with Gasteiger partial charge >= 0.3 is 0 Å². The molecule has 0 aromatic heterocycles. The Morgan fingerprint density at radius 3 is 0.816 bits per heavy atom. The molecule has 0 bridgehead atoms. The number of hydrogen-bond acceptors (Lipinski definition) is 5. The Labute approximate surface area is 310 Å². The summed E-state index contributed by atoms with van der Waals surface area (Å²) in [4.78, 5) is 2.77. The first kappa shape index (κ1) is 48.8. The minimum absolute atomic E-state index is 0.719. The number of hydrogen-bond donors (Lipinski definition) is 4. The summed E-state index contributed by atoms with van der Waals surface area (Å²) in [6.45, 7) is 15.3. The van der Waals surface area contributed by atoms with Crippen LogP contribution in [0, 0.1) is 0 Å². The summed E-state index contributed by atoms with van der Waals surface area (Å²) in [5, 5.41) is 10.6. The Hall–Kier alpha value is -0.200. The van der Waals surface area contributed by atoms with E-state index in [1.54, 1.807) is 0 Å². The highest BCUT2D eigenvalue weighted by atomic mass is 15.1. The van der Waals surface area contributed by atoms with E-state index in [0.717, 1.165) is 45.8 Å². The van der Waals surface area contributed by atoms with E-state index >= 15 is 0 Å². The Morgan fingerprint density at radius 1 is 0.286 bits per heavy atom. The van der Waals surface area contributed by atoms with Crippen molar-refractivity contribution in [1.82, 2.24) is 20.9 Å². The molecule has 296 valence electrons. The lowest BCUT2D eigenvalue weighted by Gasteiger charge is -2.22. The van der Waals surface area contributed by atoms with Crippen molar-refractivity contribution in [2.45, 2.75) is 219 Å². The van der Waals surface area contributed by atoms with Gasteiger partial charge in [0.15, 0.2) is 0 Å². The zero-order chi connectivity index (χ0) is 35.4. The van der Waals surface area contributed by atoms with Crippen LogP contribution in [0.1, 0.15) is 219 Å². The summed E-state index contributed by atoms with van der Waals surface area (Å²) in [6.07, 6.45) is 46.3. The van der Waals surface area contributed by atoms with Crippen molar-refractivity contribution in [3.05, 3.63) is 0 Å². The van der Waals surface area contributed by atoms with Crippen molar-refractivity contribution in [2.75, 3.05) is 65.4 Å². The van der Waals surface area contributed by atoms with E-state index in [2.05, 4.69) is 34.7 Å². The van der Waals surface area contributed by atoms with E-state index in [1.807, 2.05) is 0 Å². The molecule has 0 radical (unpaired) electrons. The minimum atomic E-state index is 0.719. The third kappa shape index (κ3) is 43.9. The van der Waals surface area contributed by atoms with Crippen LogP contribution < -0.4 is 21.7 Å². The molecule has 5 nitrogen and oxygen atoms in total. The molecule has 0 heterocycles. The topological polar surface area (TPSA) is 65.3 Å². The van der Waals surface area contributed by atoms with Crippen LogP contribution in [-0.4, -0.2) is 70.3 Å². The highest BCUT2D eigenvalue weighted by molar-refractivity contribution is 4.63. The van der Waals surface area contributed by atoms with Gasteiger partial charge in [-0.2, -0.15) is 0 Å². The molecule has 0 amide bonds. The van der Waals surface area contributed by atoms with Gasteiger partial charge in [-0.3, -0.25) is 0 Å². The minimum Gasteiger partial charge on any atom is -0.329 e. The molecule has 5 N–H and O–H groups in total. The number of rotatable bonds is 45. The molecule has 5 heteroatoms. The van der Waals surface area contributed by atoms with Gasteiger partial charge in [0.05, 0.1) is 0 Å². The fourth-order valence-electron chi connectivity index (χ4n) is 7.17. The lowest BCUT2D eigenvalue weighted by Crippen LogP contribution is -2.37. The summed E-state index contributed by atoms with van der Waals surface area (Å²) < 4.78 is 0. The normalized spacial score (nSPS) is 11.8. The van der Waals surface area contributed by atoms with Crippen molar-refractivity contribution >= 4 is 0 Å². The average molecular weight is 694 g/mol. The van der Waals surface area contributed by atoms with E-state index < -0.39 is 0 Å². The second-order valence-electron chi connectivity index (χ2n) is 15.5. The van der Waals surface area contributed by atoms with Gasteiger partial charge < -0.3 is 26.6 Å². The van der Waals surface area contributed by atoms with Crippen molar-refractivity contribution in [3.8, 4) is 0 Å². The van der Waals surface area contributed by atoms with E-state index in [9.17, 15) is 0 Å². The number of unbranched alkanes of at least 4 members (excludes halogenated alkanes) is 30. The van der Waals surface area contributed by atoms with E-state index in [-0.39, 0.29) is 0 Å². The first-order valence-electron chi connectivity index (χ1n) is 22.9. The molecule has 0 aliphatic carbocycles. The maximum absolute atomic E-state index is 5.54. The zero-order valence-electron chi connectivity index (χ0n) is 34.2. The van der Waals surface area contributed by atoms with Crippen LogP contribution in [0.4, 0.5) is 0 Å². The highest BCUT2D eigenvalue weighted by Gasteiger charge is 2.05. The van der Waals surface area contributed by atoms with Gasteiger partial charge in [0.25, 0.3) is 0 Å². The monoisotopic (exact) mass is 694 g/mol. The lowest BCUT2D eigenvalue weighted by atomic mass is 10.0. The van der Waals surface area contributed by atoms with Crippen molar-refractivity contribution in [2.24, 2.45) is 5.73 Å². The first-order chi connectivity index (χ1) is 24.3. The number of nitrogens with one attached hydrogen (secondary N) is 3. The predicted molar refractivity (Wildman–Crippen MR) is 223 cm³/mol. The SMILES string of the molecule is CCCCCCCCCCCCCCCCCCN(CCCCCCCCCCCCCCCCCC)CCNCCNCCNCCN. The molecule has 0 saturated heterocycles. The van der Waals surface area contributed by atoms with Crippen LogP contribution in [0.3, 0.4) is 0 Å². The van der Waals surface area contributed by atoms with Crippen molar-refractivity contribution in [3.63, 3.8) is 0 Å². The van der Waals surface area contributed by atoms with Gasteiger partial charge in [-0.1, -0.05) is 206 Å². The summed E-state index contributed by atoms with van der Waals surface area (Å²) in [5.41, 5.74) is 5.54. The van der Waals surface area contributed by atoms with Crippen LogP contribution >= 0.6 is 0 Å². The Bertz CT molecular complexity index is 523. The molecule has 0 aromatic rings. The lowest BCUT2D eigenvalue weighted by molar-refractivity contribution is 0.260. The van der Waals surface area contributed by atoms with Gasteiger partial charge in [-0.25, -0.2) is 0 Å². The second-order valence-corrected chi connectivity index (χ2v) is 15.5. The number of nitrogens with two attached hydrogens (primary N) is 1. The molecular weight excluding hydrogens is 599 g/mol. The maximum atomic E-state index is 5.54. The highest BCUT2D eigenvalue weighted by Crippen LogP contribution is 2.15. The fraction of sp³-hybridized carbons (Fsp3) is 1.00. The second kappa shape index (κ2) is 45.8. The standard InChI is InChI=1S/C44H95N5/c1-3-5-7-9-11-13-15-17-19-21-23-25-27-29-31-33-42-49(44-41-48-40-39-47-38-37-46-36-35-45)43-34-32-30-28-26-24-22-20-18-16-14-12-10-8-6-4-2/h46-48H,3-45H2,1-2H3. The van der Waals surface area contributed by atoms with Gasteiger partial charge in [-0.15, -0.1) is 0 Å². The quantitative estimate of drug-likeness (QED) is 0.0478. The smallest absolute Gasteiger partial charge is 0.0107 e. The predicted octanol–water partition coefficient (Wildman–Crippen LogP) is 11.5. The molecule has 0 spiro atoms. The molecule has 0 aliphatic rings. The van der Waals surface area contributed by atoms with Crippen molar-refractivity contribution in [1.29, 1.82) is 0 Å². The van der Waals surface area contributed by atoms with Crippen LogP contribution in [0.15, 0.2) is 0 Å². The zero-order valence-corrected chi connectivity index (χ0v) is 34.2. The van der Waals surface area contributed by atoms with Gasteiger partial charge in [0, 0.05) is 52.4 Å². The van der Waals surface area contributed by atoms with E-state index in [1.165, 1.54) is 225 Å². The molecule has 0 aliphatic heterocycles. The van der Waals surface area contributed by atoms with Crippen LogP contribution in [0.5, 0.6) is 0 Å². The van der Waals surface area contributed by atoms with Gasteiger partial charge in [-0.05, 0) is 25.9 Å². The molecule has 0 fully saturated rings. The summed E-state index contributed by atoms with van der Waals surface area (Å²) in [5.74, 6) is 0. The maximum Gasteiger partial charge on any atom is 0.0107 e. The van der Waals surface area contributed by atoms with Crippen LogP contribution in [-0.2, 0) is 0 Å². The van der Waals surface area contributed by atoms with E-state index in [0.29, 0.717) is 0 Å². The Kier molecular flexibility index (Phi) is 45.6. The van der Waals surface area contributed by atoms with E-state index in [4.69, 9.17) is 5.73 Å². The summed E-state index contributed by atoms with van der Waals surface area (Å²) >= 11 is 0. The largest absolute Gasteiger partial charge is 0.329 e. The number of nitrogens with zero attached hydrogens (tertiary/aromatic N) is 1. The molecule has 49 heavy (non-hydrogen) atoms. The summed E-state index contributed by atoms with van der Waals surface area (Å²) in [7, 11) is 0. The van der Waals surface area contributed by atoms with Gasteiger partial charge in [0.2, 0.25) is 0 Å². The van der Waals surface area contributed by atoms with Crippen LogP contribution in [0.2, 0.25) is 0 Å². The Balaban J connectivity index is 3.87. The van der Waals surface area contributed by atoms with Gasteiger partial charge in [0.1, 0.15) is 0 Å². The van der Waals surface area contributed by atoms with Crippen LogP contribution in [0.25, 0.3) is 0 Å². The third-order valence-electron chi connectivity index (χ3n) is 10.5. The molecule has 0 unspecified atom stereocenters. The molecule has 0 rings (SSSR count). The fourth-order valence-corrected chi connectivity index (χ4v) is 7.17. The molecule has 0 atom stereocenters. The average Bonchev–Trinajstić information content (AvgIpc) is 3.11. The third-order valence-corrected chi connectivity index (χ3v) is 10.5. The van der Waals surface area contributed by atoms with Crippen molar-refractivity contribution < 1.29 is 0 Å². The summed E-state index contributed by atoms with van der Waals surface area (Å²) in [6, 6.07) is 0. The molecule has 0 aromatic carbocycles.